The van der Waals surface area contributed by atoms with Gasteiger partial charge in [0.05, 0.1) is 5.56 Å². The first-order chi connectivity index (χ1) is 11.6. The first-order valence-corrected chi connectivity index (χ1v) is 8.42. The Hall–Kier alpha value is -2.17. The van der Waals surface area contributed by atoms with Crippen LogP contribution in [0.2, 0.25) is 0 Å². The second-order valence-electron chi connectivity index (χ2n) is 5.71. The Balaban J connectivity index is 2.03. The molecular weight excluding hydrogens is 336 g/mol. The van der Waals surface area contributed by atoms with Gasteiger partial charge < -0.3 is 4.74 Å². The van der Waals surface area contributed by atoms with E-state index in [0.29, 0.717) is 5.56 Å². The summed E-state index contributed by atoms with van der Waals surface area (Å²) in [6.07, 6.45) is 0. The van der Waals surface area contributed by atoms with E-state index in [-0.39, 0.29) is 5.97 Å². The molecule has 0 aromatic heterocycles. The van der Waals surface area contributed by atoms with Gasteiger partial charge in [0, 0.05) is 26.5 Å². The molecule has 0 aliphatic carbocycles. The second-order valence-corrected chi connectivity index (χ2v) is 6.74. The van der Waals surface area contributed by atoms with E-state index in [1.807, 2.05) is 66.7 Å². The number of carbonyl (C=O) groups excluding carboxylic acids is 1. The van der Waals surface area contributed by atoms with Crippen molar-refractivity contribution in [3.05, 3.63) is 95.1 Å². The Bertz CT molecular complexity index is 870. The van der Waals surface area contributed by atoms with Crippen LogP contribution in [0.5, 0.6) is 0 Å². The van der Waals surface area contributed by atoms with E-state index in [9.17, 15) is 4.79 Å². The summed E-state index contributed by atoms with van der Waals surface area (Å²) < 4.78 is 5.98. The molecule has 0 saturated carbocycles. The lowest BCUT2D eigenvalue weighted by atomic mass is 9.80. The lowest BCUT2D eigenvalue weighted by Crippen LogP contribution is -2.29. The number of hydrogen-bond donors (Lipinski definition) is 2. The van der Waals surface area contributed by atoms with Crippen LogP contribution in [-0.2, 0) is 10.3 Å². The van der Waals surface area contributed by atoms with Crippen molar-refractivity contribution in [2.75, 3.05) is 0 Å². The van der Waals surface area contributed by atoms with Crippen molar-refractivity contribution in [2.45, 2.75) is 15.4 Å². The lowest BCUT2D eigenvalue weighted by molar-refractivity contribution is 0.0251. The van der Waals surface area contributed by atoms with Gasteiger partial charge in [0.15, 0.2) is 5.60 Å². The monoisotopic (exact) mass is 350 g/mol. The summed E-state index contributed by atoms with van der Waals surface area (Å²) in [5.41, 5.74) is 2.30. The van der Waals surface area contributed by atoms with E-state index in [1.165, 1.54) is 0 Å². The minimum Gasteiger partial charge on any atom is -0.441 e. The Morgan fingerprint density at radius 3 is 1.75 bits per heavy atom. The molecule has 0 saturated heterocycles. The summed E-state index contributed by atoms with van der Waals surface area (Å²) in [6, 6.07) is 23.0. The highest BCUT2D eigenvalue weighted by atomic mass is 32.1. The molecule has 3 aromatic rings. The molecule has 0 radical (unpaired) electrons. The molecule has 1 aliphatic heterocycles. The molecule has 24 heavy (non-hydrogen) atoms. The number of benzene rings is 3. The van der Waals surface area contributed by atoms with E-state index in [0.717, 1.165) is 26.5 Å². The topological polar surface area (TPSA) is 26.3 Å². The van der Waals surface area contributed by atoms with Crippen LogP contribution in [0, 0.1) is 0 Å². The van der Waals surface area contributed by atoms with Crippen molar-refractivity contribution in [2.24, 2.45) is 0 Å². The van der Waals surface area contributed by atoms with Crippen LogP contribution in [0.3, 0.4) is 0 Å². The van der Waals surface area contributed by atoms with Gasteiger partial charge in [-0.1, -0.05) is 42.5 Å². The molecule has 3 aromatic carbocycles. The summed E-state index contributed by atoms with van der Waals surface area (Å²) in [6.45, 7) is 0. The van der Waals surface area contributed by atoms with E-state index in [2.05, 4.69) is 25.3 Å². The van der Waals surface area contributed by atoms with Crippen LogP contribution < -0.4 is 0 Å². The van der Waals surface area contributed by atoms with Crippen molar-refractivity contribution < 1.29 is 9.53 Å². The Morgan fingerprint density at radius 1 is 0.708 bits per heavy atom. The molecule has 0 N–H and O–H groups in total. The van der Waals surface area contributed by atoms with Crippen molar-refractivity contribution in [1.29, 1.82) is 0 Å². The first kappa shape index (κ1) is 15.4. The third kappa shape index (κ3) is 2.26. The molecule has 2 nitrogen and oxygen atoms in total. The number of rotatable bonds is 2. The molecule has 118 valence electrons. The quantitative estimate of drug-likeness (QED) is 0.516. The van der Waals surface area contributed by atoms with Gasteiger partial charge in [-0.25, -0.2) is 4.79 Å². The maximum absolute atomic E-state index is 12.5. The van der Waals surface area contributed by atoms with E-state index < -0.39 is 5.60 Å². The van der Waals surface area contributed by atoms with Gasteiger partial charge in [-0.15, -0.1) is 25.3 Å². The van der Waals surface area contributed by atoms with Gasteiger partial charge in [-0.3, -0.25) is 0 Å². The number of cyclic esters (lactones) is 1. The Labute approximate surface area is 151 Å². The normalized spacial score (nSPS) is 15.0. The van der Waals surface area contributed by atoms with Gasteiger partial charge in [-0.05, 0) is 30.3 Å². The third-order valence-corrected chi connectivity index (χ3v) is 4.92. The largest absolute Gasteiger partial charge is 0.441 e. The maximum Gasteiger partial charge on any atom is 0.340 e. The SMILES string of the molecule is O=C1OC(c2ccc(S)cc2)(c2ccc(S)cc2)c2ccccc21. The Kier molecular flexibility index (Phi) is 3.66. The molecule has 0 atom stereocenters. The van der Waals surface area contributed by atoms with Gasteiger partial charge in [0.25, 0.3) is 0 Å². The standard InChI is InChI=1S/C20H14O2S2/c21-19-17-3-1-2-4-18(17)20(22-19,13-5-9-15(23)10-6-13)14-7-11-16(24)12-8-14/h1-12,23-24H. The minimum absolute atomic E-state index is 0.310. The predicted octanol–water partition coefficient (Wildman–Crippen LogP) is 4.73. The van der Waals surface area contributed by atoms with Crippen LogP contribution in [0.15, 0.2) is 82.6 Å². The lowest BCUT2D eigenvalue weighted by Gasteiger charge is -2.30. The van der Waals surface area contributed by atoms with Crippen molar-refractivity contribution in [1.82, 2.24) is 0 Å². The van der Waals surface area contributed by atoms with Gasteiger partial charge in [0.1, 0.15) is 0 Å². The zero-order valence-electron chi connectivity index (χ0n) is 12.6. The fourth-order valence-corrected chi connectivity index (χ4v) is 3.50. The van der Waals surface area contributed by atoms with Crippen molar-refractivity contribution >= 4 is 31.2 Å². The average Bonchev–Trinajstić information content (AvgIpc) is 2.91. The summed E-state index contributed by atoms with van der Waals surface area (Å²) in [7, 11) is 0. The average molecular weight is 350 g/mol. The van der Waals surface area contributed by atoms with E-state index >= 15 is 0 Å². The van der Waals surface area contributed by atoms with Crippen LogP contribution in [0.25, 0.3) is 0 Å². The smallest absolute Gasteiger partial charge is 0.340 e. The number of hydrogen-bond acceptors (Lipinski definition) is 4. The molecule has 0 bridgehead atoms. The first-order valence-electron chi connectivity index (χ1n) is 7.53. The number of carbonyl (C=O) groups is 1. The molecule has 1 heterocycles. The summed E-state index contributed by atoms with van der Waals surface area (Å²) in [5.74, 6) is -0.310. The summed E-state index contributed by atoms with van der Waals surface area (Å²) >= 11 is 8.72. The van der Waals surface area contributed by atoms with Gasteiger partial charge in [0.2, 0.25) is 0 Å². The van der Waals surface area contributed by atoms with Crippen LogP contribution in [-0.4, -0.2) is 5.97 Å². The third-order valence-electron chi connectivity index (χ3n) is 4.32. The molecule has 0 amide bonds. The minimum atomic E-state index is -0.948. The zero-order chi connectivity index (χ0) is 16.7. The molecule has 4 rings (SSSR count). The molecule has 4 heteroatoms. The molecular formula is C20H14O2S2. The molecule has 0 unspecified atom stereocenters. The zero-order valence-corrected chi connectivity index (χ0v) is 14.4. The highest BCUT2D eigenvalue weighted by Crippen LogP contribution is 2.47. The fraction of sp³-hybridized carbons (Fsp3) is 0.0500. The highest BCUT2D eigenvalue weighted by Gasteiger charge is 2.48. The van der Waals surface area contributed by atoms with Gasteiger partial charge >= 0.3 is 5.97 Å². The summed E-state index contributed by atoms with van der Waals surface area (Å²) in [5, 5.41) is 0. The number of fused-ring (bicyclic) bond motifs is 1. The number of thiol groups is 2. The van der Waals surface area contributed by atoms with Crippen LogP contribution in [0.4, 0.5) is 0 Å². The number of esters is 1. The van der Waals surface area contributed by atoms with E-state index in [1.54, 1.807) is 6.07 Å². The number of ether oxygens (including phenoxy) is 1. The van der Waals surface area contributed by atoms with Crippen molar-refractivity contribution in [3.8, 4) is 0 Å². The van der Waals surface area contributed by atoms with Gasteiger partial charge in [-0.2, -0.15) is 0 Å². The molecule has 0 fully saturated rings. The molecule has 0 spiro atoms. The highest BCUT2D eigenvalue weighted by molar-refractivity contribution is 7.80. The second kappa shape index (κ2) is 5.72. The van der Waals surface area contributed by atoms with Crippen molar-refractivity contribution in [3.63, 3.8) is 0 Å². The molecule has 1 aliphatic rings. The Morgan fingerprint density at radius 2 is 1.21 bits per heavy atom. The van der Waals surface area contributed by atoms with Crippen LogP contribution in [0.1, 0.15) is 27.0 Å². The summed E-state index contributed by atoms with van der Waals surface area (Å²) in [4.78, 5) is 14.2. The van der Waals surface area contributed by atoms with E-state index in [4.69, 9.17) is 4.74 Å². The fourth-order valence-electron chi connectivity index (χ4n) is 3.20. The van der Waals surface area contributed by atoms with Crippen LogP contribution >= 0.6 is 25.3 Å². The predicted molar refractivity (Wildman–Crippen MR) is 99.1 cm³/mol. The maximum atomic E-state index is 12.5.